The van der Waals surface area contributed by atoms with E-state index in [1.54, 1.807) is 0 Å². The topological polar surface area (TPSA) is 47.6 Å². The van der Waals surface area contributed by atoms with Gasteiger partial charge >= 0.3 is 5.97 Å². The van der Waals surface area contributed by atoms with Gasteiger partial charge in [-0.1, -0.05) is 60.7 Å². The Kier molecular flexibility index (Phi) is 7.14. The van der Waals surface area contributed by atoms with Crippen molar-refractivity contribution in [2.75, 3.05) is 7.11 Å². The molecule has 0 saturated heterocycles. The summed E-state index contributed by atoms with van der Waals surface area (Å²) in [5.74, 6) is -0.300. The van der Waals surface area contributed by atoms with E-state index in [1.807, 2.05) is 64.1 Å². The van der Waals surface area contributed by atoms with Crippen molar-refractivity contribution in [3.63, 3.8) is 0 Å². The number of carbonyl (C=O) groups excluding carboxylic acids is 1. The molecule has 2 unspecified atom stereocenters. The molecule has 1 N–H and O–H groups in total. The average Bonchev–Trinajstić information content (AvgIpc) is 2.62. The van der Waals surface area contributed by atoms with Crippen molar-refractivity contribution in [3.8, 4) is 0 Å². The third kappa shape index (κ3) is 5.80. The first-order valence-corrected chi connectivity index (χ1v) is 10.7. The van der Waals surface area contributed by atoms with Gasteiger partial charge in [0.1, 0.15) is 6.04 Å². The molecule has 0 aliphatic carbocycles. The fraction of sp³-hybridized carbons (Fsp3) is 0.381. The van der Waals surface area contributed by atoms with Crippen molar-refractivity contribution >= 4 is 25.3 Å². The van der Waals surface area contributed by atoms with Crippen LogP contribution in [0.2, 0.25) is 0 Å². The summed E-state index contributed by atoms with van der Waals surface area (Å²) in [5, 5.41) is 2.44. The lowest BCUT2D eigenvalue weighted by Crippen LogP contribution is -2.62. The second kappa shape index (κ2) is 9.12. The first kappa shape index (κ1) is 20.4. The van der Waals surface area contributed by atoms with Crippen LogP contribution in [0.25, 0.3) is 0 Å². The smallest absolute Gasteiger partial charge is 0.324 e. The van der Waals surface area contributed by atoms with Crippen LogP contribution in [0.15, 0.2) is 60.7 Å². The van der Waals surface area contributed by atoms with Crippen molar-refractivity contribution in [3.05, 3.63) is 60.7 Å². The maximum absolute atomic E-state index is 12.5. The molecule has 0 aliphatic rings. The largest absolute Gasteiger partial charge is 0.468 e. The summed E-state index contributed by atoms with van der Waals surface area (Å²) in [6.07, 6.45) is -0.315. The minimum Gasteiger partial charge on any atom is -0.468 e. The number of hydrogen-bond donors (Lipinski definition) is 1. The van der Waals surface area contributed by atoms with E-state index in [-0.39, 0.29) is 17.7 Å². The fourth-order valence-corrected chi connectivity index (χ4v) is 5.75. The Balaban J connectivity index is 2.35. The maximum atomic E-state index is 12.5. The molecular weight excluding hydrogens is 342 g/mol. The van der Waals surface area contributed by atoms with Crippen LogP contribution in [0.5, 0.6) is 0 Å². The van der Waals surface area contributed by atoms with E-state index >= 15 is 0 Å². The van der Waals surface area contributed by atoms with Crippen molar-refractivity contribution in [1.29, 1.82) is 0 Å². The lowest BCUT2D eigenvalue weighted by atomic mass is 10.1. The second-order valence-electron chi connectivity index (χ2n) is 7.36. The fourth-order valence-electron chi connectivity index (χ4n) is 3.00. The minimum atomic E-state index is -1.83. The number of methoxy groups -OCH3 is 1. The number of carbonyl (C=O) groups is 1. The van der Waals surface area contributed by atoms with E-state index in [4.69, 9.17) is 9.47 Å². The van der Waals surface area contributed by atoms with Crippen LogP contribution >= 0.6 is 0 Å². The van der Waals surface area contributed by atoms with E-state index in [2.05, 4.69) is 29.2 Å². The van der Waals surface area contributed by atoms with Crippen LogP contribution in [0.4, 0.5) is 0 Å². The molecule has 5 heteroatoms. The molecule has 2 aromatic rings. The summed E-state index contributed by atoms with van der Waals surface area (Å²) in [6, 6.07) is 20.0. The van der Waals surface area contributed by atoms with Gasteiger partial charge in [0, 0.05) is 0 Å². The van der Waals surface area contributed by atoms with Gasteiger partial charge < -0.3 is 14.5 Å². The molecule has 0 saturated carbocycles. The highest BCUT2D eigenvalue weighted by Crippen LogP contribution is 2.14. The highest BCUT2D eigenvalue weighted by Gasteiger charge is 2.33. The van der Waals surface area contributed by atoms with Gasteiger partial charge in [0.25, 0.3) is 0 Å². The summed E-state index contributed by atoms with van der Waals surface area (Å²) in [6.45, 7) is 7.88. The number of hydrogen-bond acceptors (Lipinski definition) is 4. The quantitative estimate of drug-likeness (QED) is 0.596. The van der Waals surface area contributed by atoms with E-state index in [1.165, 1.54) is 17.5 Å². The molecule has 0 spiro atoms. The van der Waals surface area contributed by atoms with Crippen molar-refractivity contribution in [1.82, 2.24) is 4.98 Å². The molecule has 0 fully saturated rings. The third-order valence-corrected chi connectivity index (χ3v) is 6.87. The van der Waals surface area contributed by atoms with Gasteiger partial charge in [-0.2, -0.15) is 0 Å². The van der Waals surface area contributed by atoms with E-state index in [9.17, 15) is 4.79 Å². The van der Waals surface area contributed by atoms with Crippen LogP contribution in [-0.2, 0) is 14.3 Å². The monoisotopic (exact) mass is 371 g/mol. The van der Waals surface area contributed by atoms with Crippen molar-refractivity contribution < 1.29 is 14.3 Å². The highest BCUT2D eigenvalue weighted by atomic mass is 28.3. The lowest BCUT2D eigenvalue weighted by Gasteiger charge is -2.32. The zero-order valence-electron chi connectivity index (χ0n) is 16.2. The van der Waals surface area contributed by atoms with Gasteiger partial charge in [0.15, 0.2) is 8.96 Å². The molecule has 2 atom stereocenters. The van der Waals surface area contributed by atoms with Gasteiger partial charge in [-0.3, -0.25) is 4.79 Å². The summed E-state index contributed by atoms with van der Waals surface area (Å²) < 4.78 is 11.1. The van der Waals surface area contributed by atoms with Crippen molar-refractivity contribution in [2.45, 2.75) is 45.4 Å². The number of rotatable bonds is 7. The Bertz CT molecular complexity index is 646. The van der Waals surface area contributed by atoms with Crippen LogP contribution < -0.4 is 15.4 Å². The second-order valence-corrected chi connectivity index (χ2v) is 9.89. The molecule has 140 valence electrons. The molecule has 0 aliphatic heterocycles. The number of benzene rings is 2. The van der Waals surface area contributed by atoms with Gasteiger partial charge in [0.05, 0.1) is 18.8 Å². The zero-order chi connectivity index (χ0) is 19.2. The first-order chi connectivity index (χ1) is 12.3. The van der Waals surface area contributed by atoms with Crippen molar-refractivity contribution in [2.24, 2.45) is 0 Å². The maximum Gasteiger partial charge on any atom is 0.324 e. The van der Waals surface area contributed by atoms with E-state index < -0.39 is 15.0 Å². The van der Waals surface area contributed by atoms with E-state index in [0.717, 1.165) is 0 Å². The first-order valence-electron chi connectivity index (χ1n) is 8.93. The molecule has 0 radical (unpaired) electrons. The van der Waals surface area contributed by atoms with Crippen LogP contribution in [0.1, 0.15) is 27.7 Å². The molecule has 0 bridgehead atoms. The predicted octanol–water partition coefficient (Wildman–Crippen LogP) is 1.86. The molecule has 0 heterocycles. The number of nitrogens with one attached hydrogen (secondary N) is 1. The van der Waals surface area contributed by atoms with E-state index in [0.29, 0.717) is 0 Å². The van der Waals surface area contributed by atoms with Crippen LogP contribution in [0, 0.1) is 0 Å². The molecule has 0 aromatic heterocycles. The van der Waals surface area contributed by atoms with Gasteiger partial charge in [-0.05, 0) is 38.1 Å². The van der Waals surface area contributed by atoms with Crippen LogP contribution in [-0.4, -0.2) is 39.8 Å². The summed E-state index contributed by atoms with van der Waals surface area (Å²) in [4.78, 5) is 16.1. The molecule has 4 nitrogen and oxygen atoms in total. The Labute approximate surface area is 158 Å². The molecule has 2 aromatic carbocycles. The Morgan fingerprint density at radius 2 is 1.42 bits per heavy atom. The summed E-state index contributed by atoms with van der Waals surface area (Å²) in [5.41, 5.74) is -0.343. The molecular formula is C21H29NO3Si. The van der Waals surface area contributed by atoms with Gasteiger partial charge in [-0.15, -0.1) is 0 Å². The Hall–Kier alpha value is -1.95. The number of ether oxygens (including phenoxy) is 2. The SMILES string of the molecule is COC(=O)C(N[SiH](c1ccccc1)c1ccccc1)C(C)OC(C)(C)C. The average molecular weight is 372 g/mol. The summed E-state index contributed by atoms with van der Waals surface area (Å²) >= 11 is 0. The summed E-state index contributed by atoms with van der Waals surface area (Å²) in [7, 11) is -0.414. The van der Waals surface area contributed by atoms with Gasteiger partial charge in [0.2, 0.25) is 0 Å². The highest BCUT2D eigenvalue weighted by molar-refractivity contribution is 6.83. The molecule has 26 heavy (non-hydrogen) atoms. The zero-order valence-corrected chi connectivity index (χ0v) is 17.4. The molecule has 0 amide bonds. The van der Waals surface area contributed by atoms with Crippen LogP contribution in [0.3, 0.4) is 0 Å². The Morgan fingerprint density at radius 1 is 0.962 bits per heavy atom. The predicted molar refractivity (Wildman–Crippen MR) is 109 cm³/mol. The lowest BCUT2D eigenvalue weighted by molar-refractivity contribution is -0.149. The normalized spacial score (nSPS) is 14.1. The standard InChI is InChI=1S/C21H29NO3Si/c1-16(25-21(2,3)4)19(20(23)24-5)22-26(17-12-8-6-9-13-17)18-14-10-7-11-15-18/h6-16,19,22,26H,1-5H3. The minimum absolute atomic E-state index is 0.300. The van der Waals surface area contributed by atoms with Gasteiger partial charge in [-0.25, -0.2) is 0 Å². The number of esters is 1. The Morgan fingerprint density at radius 3 is 1.81 bits per heavy atom. The molecule has 2 rings (SSSR count). The third-order valence-electron chi connectivity index (χ3n) is 4.08.